The Morgan fingerprint density at radius 1 is 0.917 bits per heavy atom. The summed E-state index contributed by atoms with van der Waals surface area (Å²) in [5, 5.41) is 2.89. The predicted molar refractivity (Wildman–Crippen MR) is 146 cm³/mol. The van der Waals surface area contributed by atoms with Crippen molar-refractivity contribution in [1.82, 2.24) is 5.32 Å². The lowest BCUT2D eigenvalue weighted by Crippen LogP contribution is -2.40. The van der Waals surface area contributed by atoms with Crippen LogP contribution in [0.5, 0.6) is 0 Å². The van der Waals surface area contributed by atoms with Gasteiger partial charge in [-0.2, -0.15) is 0 Å². The zero-order chi connectivity index (χ0) is 25.7. The van der Waals surface area contributed by atoms with E-state index in [4.69, 9.17) is 0 Å². The molecule has 1 saturated heterocycles. The van der Waals surface area contributed by atoms with Gasteiger partial charge in [0.2, 0.25) is 5.91 Å². The van der Waals surface area contributed by atoms with Crippen LogP contribution in [0.15, 0.2) is 77.7 Å². The molecule has 1 aliphatic rings. The zero-order valence-corrected chi connectivity index (χ0v) is 22.1. The molecule has 6 nitrogen and oxygen atoms in total. The highest BCUT2D eigenvalue weighted by Gasteiger charge is 2.27. The van der Waals surface area contributed by atoms with Crippen LogP contribution in [-0.4, -0.2) is 34.0 Å². The van der Waals surface area contributed by atoms with E-state index in [1.807, 2.05) is 31.2 Å². The van der Waals surface area contributed by atoms with Gasteiger partial charge in [0.15, 0.2) is 0 Å². The highest BCUT2D eigenvalue weighted by atomic mass is 32.2. The van der Waals surface area contributed by atoms with E-state index >= 15 is 0 Å². The van der Waals surface area contributed by atoms with Gasteiger partial charge in [0, 0.05) is 25.3 Å². The fourth-order valence-corrected chi connectivity index (χ4v) is 5.79. The van der Waals surface area contributed by atoms with Crippen LogP contribution >= 0.6 is 0 Å². The minimum Gasteiger partial charge on any atom is -0.372 e. The molecule has 0 bridgehead atoms. The third kappa shape index (κ3) is 6.08. The molecular weight excluding hydrogens is 470 g/mol. The fourth-order valence-electron chi connectivity index (χ4n) is 4.36. The van der Waals surface area contributed by atoms with Crippen LogP contribution < -0.4 is 14.5 Å². The van der Waals surface area contributed by atoms with Crippen LogP contribution in [0, 0.1) is 6.92 Å². The second-order valence-corrected chi connectivity index (χ2v) is 11.6. The molecule has 1 heterocycles. The molecular formula is C29H35N3O3S. The maximum absolute atomic E-state index is 13.6. The monoisotopic (exact) mass is 505 g/mol. The summed E-state index contributed by atoms with van der Waals surface area (Å²) in [6, 6.07) is 22.2. The van der Waals surface area contributed by atoms with Gasteiger partial charge in [-0.05, 0) is 73.2 Å². The van der Waals surface area contributed by atoms with Crippen molar-refractivity contribution >= 4 is 27.3 Å². The summed E-state index contributed by atoms with van der Waals surface area (Å²) in [7, 11) is -3.93. The van der Waals surface area contributed by atoms with Gasteiger partial charge in [0.25, 0.3) is 10.0 Å². The molecule has 0 unspecified atom stereocenters. The number of hydrogen-bond acceptors (Lipinski definition) is 4. The zero-order valence-electron chi connectivity index (χ0n) is 21.3. The number of carbonyl (C=O) groups excluding carboxylic acids is 1. The largest absolute Gasteiger partial charge is 0.372 e. The number of anilines is 2. The van der Waals surface area contributed by atoms with E-state index in [1.54, 1.807) is 36.4 Å². The molecule has 0 radical (unpaired) electrons. The van der Waals surface area contributed by atoms with Gasteiger partial charge in [-0.15, -0.1) is 0 Å². The van der Waals surface area contributed by atoms with Crippen molar-refractivity contribution in [3.8, 4) is 0 Å². The van der Waals surface area contributed by atoms with Crippen LogP contribution in [0.2, 0.25) is 0 Å². The lowest BCUT2D eigenvalue weighted by molar-refractivity contribution is -0.119. The van der Waals surface area contributed by atoms with Crippen LogP contribution in [0.25, 0.3) is 0 Å². The Hall–Kier alpha value is -3.32. The number of aryl methyl sites for hydroxylation is 1. The van der Waals surface area contributed by atoms with Gasteiger partial charge in [-0.3, -0.25) is 9.10 Å². The van der Waals surface area contributed by atoms with Crippen molar-refractivity contribution in [1.29, 1.82) is 0 Å². The normalized spacial score (nSPS) is 13.7. The first-order valence-electron chi connectivity index (χ1n) is 12.5. The number of benzene rings is 3. The van der Waals surface area contributed by atoms with Crippen molar-refractivity contribution in [2.24, 2.45) is 0 Å². The first-order chi connectivity index (χ1) is 17.2. The van der Waals surface area contributed by atoms with Crippen molar-refractivity contribution in [2.45, 2.75) is 51.0 Å². The van der Waals surface area contributed by atoms with Crippen LogP contribution in [0.3, 0.4) is 0 Å². The van der Waals surface area contributed by atoms with E-state index < -0.39 is 10.0 Å². The number of rotatable bonds is 9. The lowest BCUT2D eigenvalue weighted by Gasteiger charge is -2.24. The predicted octanol–water partition coefficient (Wildman–Crippen LogP) is 5.23. The summed E-state index contributed by atoms with van der Waals surface area (Å²) in [4.78, 5) is 15.5. The summed E-state index contributed by atoms with van der Waals surface area (Å²) in [5.74, 6) is -0.0383. The van der Waals surface area contributed by atoms with E-state index in [-0.39, 0.29) is 17.3 Å². The fraction of sp³-hybridized carbons (Fsp3) is 0.345. The molecule has 3 aromatic rings. The maximum Gasteiger partial charge on any atom is 0.264 e. The number of nitrogens with zero attached hydrogens (tertiary/aromatic N) is 2. The topological polar surface area (TPSA) is 69.7 Å². The summed E-state index contributed by atoms with van der Waals surface area (Å²) in [5.41, 5.74) is 4.71. The molecule has 0 aromatic heterocycles. The summed E-state index contributed by atoms with van der Waals surface area (Å²) >= 11 is 0. The van der Waals surface area contributed by atoms with Crippen molar-refractivity contribution < 1.29 is 13.2 Å². The van der Waals surface area contributed by atoms with E-state index in [9.17, 15) is 13.2 Å². The number of sulfonamides is 1. The summed E-state index contributed by atoms with van der Waals surface area (Å²) in [6.07, 6.45) is 2.44. The van der Waals surface area contributed by atoms with Crippen LogP contribution in [-0.2, 0) is 21.4 Å². The number of nitrogens with one attached hydrogen (secondary N) is 1. The molecule has 0 aliphatic carbocycles. The molecule has 1 fully saturated rings. The summed E-state index contributed by atoms with van der Waals surface area (Å²) < 4.78 is 28.3. The van der Waals surface area contributed by atoms with E-state index in [0.717, 1.165) is 29.8 Å². The first kappa shape index (κ1) is 25.8. The molecule has 190 valence electrons. The van der Waals surface area contributed by atoms with E-state index in [2.05, 4.69) is 36.2 Å². The number of amides is 1. The second kappa shape index (κ2) is 11.2. The molecule has 0 atom stereocenters. The minimum absolute atomic E-state index is 0.159. The Balaban J connectivity index is 1.50. The molecule has 3 aromatic carbocycles. The van der Waals surface area contributed by atoms with Gasteiger partial charge in [0.05, 0.1) is 10.6 Å². The molecule has 7 heteroatoms. The molecule has 1 N–H and O–H groups in total. The molecule has 0 spiro atoms. The highest BCUT2D eigenvalue weighted by molar-refractivity contribution is 7.92. The van der Waals surface area contributed by atoms with Crippen molar-refractivity contribution in [3.63, 3.8) is 0 Å². The molecule has 4 rings (SSSR count). The van der Waals surface area contributed by atoms with Crippen LogP contribution in [0.1, 0.15) is 49.3 Å². The molecule has 1 amide bonds. The van der Waals surface area contributed by atoms with Gasteiger partial charge in [0.1, 0.15) is 6.54 Å². The smallest absolute Gasteiger partial charge is 0.264 e. The van der Waals surface area contributed by atoms with Gasteiger partial charge < -0.3 is 10.2 Å². The second-order valence-electron chi connectivity index (χ2n) is 9.71. The Morgan fingerprint density at radius 2 is 1.53 bits per heavy atom. The number of carbonyl (C=O) groups is 1. The molecule has 0 saturated carbocycles. The molecule has 1 aliphatic heterocycles. The lowest BCUT2D eigenvalue weighted by atomic mass is 10.0. The van der Waals surface area contributed by atoms with Gasteiger partial charge in [-0.1, -0.05) is 55.8 Å². The van der Waals surface area contributed by atoms with E-state index in [1.165, 1.54) is 22.8 Å². The average molecular weight is 506 g/mol. The third-order valence-electron chi connectivity index (χ3n) is 6.64. The van der Waals surface area contributed by atoms with Gasteiger partial charge >= 0.3 is 0 Å². The Morgan fingerprint density at radius 3 is 2.11 bits per heavy atom. The van der Waals surface area contributed by atoms with Crippen molar-refractivity contribution in [3.05, 3.63) is 89.5 Å². The molecule has 36 heavy (non-hydrogen) atoms. The Kier molecular flexibility index (Phi) is 7.99. The SMILES string of the molecule is Cc1ccc(S(=O)(=O)N(CC(=O)NCc2ccc(N3CCCC3)cc2)c2ccc(C(C)C)cc2)cc1. The Labute approximate surface area is 215 Å². The maximum atomic E-state index is 13.6. The van der Waals surface area contributed by atoms with Gasteiger partial charge in [-0.25, -0.2) is 8.42 Å². The van der Waals surface area contributed by atoms with Crippen LogP contribution in [0.4, 0.5) is 11.4 Å². The first-order valence-corrected chi connectivity index (χ1v) is 14.0. The summed E-state index contributed by atoms with van der Waals surface area (Å²) in [6.45, 7) is 8.28. The van der Waals surface area contributed by atoms with Crippen molar-refractivity contribution in [2.75, 3.05) is 28.8 Å². The number of hydrogen-bond donors (Lipinski definition) is 1. The third-order valence-corrected chi connectivity index (χ3v) is 8.43. The minimum atomic E-state index is -3.93. The standard InChI is InChI=1S/C29H35N3O3S/c1-22(2)25-10-14-27(15-11-25)32(36(34,35)28-16-6-23(3)7-17-28)21-29(33)30-20-24-8-12-26(13-9-24)31-18-4-5-19-31/h6-17,22H,4-5,18-21H2,1-3H3,(H,30,33). The Bertz CT molecular complexity index is 1260. The highest BCUT2D eigenvalue weighted by Crippen LogP contribution is 2.26. The average Bonchev–Trinajstić information content (AvgIpc) is 3.42. The quantitative estimate of drug-likeness (QED) is 0.432. The van der Waals surface area contributed by atoms with E-state index in [0.29, 0.717) is 18.2 Å².